The fraction of sp³-hybridized carbons (Fsp3) is 0.846. The maximum atomic E-state index is 4.43. The van der Waals surface area contributed by atoms with Gasteiger partial charge in [-0.25, -0.2) is 9.67 Å². The van der Waals surface area contributed by atoms with Crippen LogP contribution in [0.15, 0.2) is 6.33 Å². The molecule has 1 saturated carbocycles. The molecule has 0 atom stereocenters. The molecule has 0 saturated heterocycles. The maximum absolute atomic E-state index is 4.43. The fourth-order valence-corrected chi connectivity index (χ4v) is 2.24. The van der Waals surface area contributed by atoms with Crippen molar-refractivity contribution in [3.63, 3.8) is 0 Å². The van der Waals surface area contributed by atoms with Gasteiger partial charge < -0.3 is 5.32 Å². The van der Waals surface area contributed by atoms with E-state index in [1.54, 1.807) is 6.33 Å². The predicted molar refractivity (Wildman–Crippen MR) is 68.8 cm³/mol. The molecule has 1 fully saturated rings. The Hall–Kier alpha value is -0.900. The number of nitrogens with one attached hydrogen (secondary N) is 1. The van der Waals surface area contributed by atoms with Gasteiger partial charge >= 0.3 is 0 Å². The second-order valence-electron chi connectivity index (χ2n) is 5.71. The molecule has 1 N–H and O–H groups in total. The number of nitrogens with zero attached hydrogens (tertiary/aromatic N) is 3. The van der Waals surface area contributed by atoms with Crippen LogP contribution < -0.4 is 5.32 Å². The smallest absolute Gasteiger partial charge is 0.138 e. The van der Waals surface area contributed by atoms with Crippen molar-refractivity contribution >= 4 is 0 Å². The van der Waals surface area contributed by atoms with Crippen molar-refractivity contribution in [1.29, 1.82) is 0 Å². The Labute approximate surface area is 104 Å². The van der Waals surface area contributed by atoms with Crippen LogP contribution in [0.5, 0.6) is 0 Å². The zero-order valence-electron chi connectivity index (χ0n) is 11.2. The SMILES string of the molecule is CCNCC1(Cc2ncnn2CC(C)C)CC1. The van der Waals surface area contributed by atoms with Crippen molar-refractivity contribution in [3.05, 3.63) is 12.2 Å². The molecular weight excluding hydrogens is 212 g/mol. The molecule has 1 heterocycles. The van der Waals surface area contributed by atoms with Crippen molar-refractivity contribution in [1.82, 2.24) is 20.1 Å². The van der Waals surface area contributed by atoms with Crippen LogP contribution in [0.1, 0.15) is 39.4 Å². The van der Waals surface area contributed by atoms with Gasteiger partial charge in [-0.2, -0.15) is 5.10 Å². The molecule has 1 aliphatic rings. The minimum Gasteiger partial charge on any atom is -0.316 e. The monoisotopic (exact) mass is 236 g/mol. The van der Waals surface area contributed by atoms with Crippen LogP contribution in [0.2, 0.25) is 0 Å². The lowest BCUT2D eigenvalue weighted by atomic mass is 10.0. The highest BCUT2D eigenvalue weighted by molar-refractivity contribution is 5.03. The minimum absolute atomic E-state index is 0.470. The summed E-state index contributed by atoms with van der Waals surface area (Å²) in [7, 11) is 0. The number of rotatable bonds is 7. The molecule has 1 aromatic heterocycles. The zero-order valence-corrected chi connectivity index (χ0v) is 11.2. The van der Waals surface area contributed by atoms with Crippen molar-refractivity contribution in [2.45, 2.75) is 46.6 Å². The molecule has 2 rings (SSSR count). The summed E-state index contributed by atoms with van der Waals surface area (Å²) in [6.07, 6.45) is 5.43. The van der Waals surface area contributed by atoms with Crippen LogP contribution in [0.25, 0.3) is 0 Å². The van der Waals surface area contributed by atoms with Crippen LogP contribution >= 0.6 is 0 Å². The van der Waals surface area contributed by atoms with Gasteiger partial charge in [0.1, 0.15) is 12.2 Å². The molecule has 0 aromatic carbocycles. The number of hydrogen-bond acceptors (Lipinski definition) is 3. The lowest BCUT2D eigenvalue weighted by Crippen LogP contribution is -2.26. The van der Waals surface area contributed by atoms with Crippen molar-refractivity contribution in [2.24, 2.45) is 11.3 Å². The van der Waals surface area contributed by atoms with E-state index in [1.807, 2.05) is 0 Å². The molecular formula is C13H24N4. The van der Waals surface area contributed by atoms with E-state index in [0.29, 0.717) is 11.3 Å². The first-order chi connectivity index (χ1) is 8.15. The van der Waals surface area contributed by atoms with Crippen LogP contribution in [0.4, 0.5) is 0 Å². The lowest BCUT2D eigenvalue weighted by molar-refractivity contribution is 0.413. The Kier molecular flexibility index (Phi) is 3.82. The summed E-state index contributed by atoms with van der Waals surface area (Å²) in [5, 5.41) is 7.80. The van der Waals surface area contributed by atoms with E-state index in [1.165, 1.54) is 12.8 Å². The number of hydrogen-bond donors (Lipinski definition) is 1. The van der Waals surface area contributed by atoms with Crippen LogP contribution in [-0.4, -0.2) is 27.9 Å². The molecule has 0 unspecified atom stereocenters. The predicted octanol–water partition coefficient (Wildman–Crippen LogP) is 1.87. The molecule has 4 heteroatoms. The summed E-state index contributed by atoms with van der Waals surface area (Å²) >= 11 is 0. The molecule has 4 nitrogen and oxygen atoms in total. The lowest BCUT2D eigenvalue weighted by Gasteiger charge is -2.16. The summed E-state index contributed by atoms with van der Waals surface area (Å²) in [6, 6.07) is 0. The van der Waals surface area contributed by atoms with Gasteiger partial charge in [0.25, 0.3) is 0 Å². The van der Waals surface area contributed by atoms with Crippen LogP contribution in [-0.2, 0) is 13.0 Å². The van der Waals surface area contributed by atoms with Crippen molar-refractivity contribution in [2.75, 3.05) is 13.1 Å². The average molecular weight is 236 g/mol. The first-order valence-corrected chi connectivity index (χ1v) is 6.72. The summed E-state index contributed by atoms with van der Waals surface area (Å²) in [5.41, 5.74) is 0.470. The highest BCUT2D eigenvalue weighted by Crippen LogP contribution is 2.47. The van der Waals surface area contributed by atoms with E-state index in [2.05, 4.69) is 40.9 Å². The third kappa shape index (κ3) is 3.28. The molecule has 0 bridgehead atoms. The van der Waals surface area contributed by atoms with Gasteiger partial charge in [0.2, 0.25) is 0 Å². The van der Waals surface area contributed by atoms with Gasteiger partial charge in [-0.05, 0) is 30.7 Å². The van der Waals surface area contributed by atoms with Gasteiger partial charge in [0, 0.05) is 19.5 Å². The van der Waals surface area contributed by atoms with E-state index >= 15 is 0 Å². The second kappa shape index (κ2) is 5.17. The van der Waals surface area contributed by atoms with Crippen molar-refractivity contribution < 1.29 is 0 Å². The zero-order chi connectivity index (χ0) is 12.3. The summed E-state index contributed by atoms with van der Waals surface area (Å²) in [5.74, 6) is 1.79. The molecule has 0 amide bonds. The normalized spacial score (nSPS) is 17.6. The number of aromatic nitrogens is 3. The summed E-state index contributed by atoms with van der Waals surface area (Å²) in [4.78, 5) is 4.43. The molecule has 0 aliphatic heterocycles. The Morgan fingerprint density at radius 2 is 2.24 bits per heavy atom. The Morgan fingerprint density at radius 1 is 1.47 bits per heavy atom. The molecule has 1 aromatic rings. The van der Waals surface area contributed by atoms with Crippen molar-refractivity contribution in [3.8, 4) is 0 Å². The molecule has 1 aliphatic carbocycles. The second-order valence-corrected chi connectivity index (χ2v) is 5.71. The molecule has 17 heavy (non-hydrogen) atoms. The van der Waals surface area contributed by atoms with Gasteiger partial charge in [-0.15, -0.1) is 0 Å². The van der Waals surface area contributed by atoms with Gasteiger partial charge in [-0.1, -0.05) is 20.8 Å². The quantitative estimate of drug-likeness (QED) is 0.786. The third-order valence-electron chi connectivity index (χ3n) is 3.47. The van der Waals surface area contributed by atoms with Gasteiger partial charge in [-0.3, -0.25) is 0 Å². The maximum Gasteiger partial charge on any atom is 0.138 e. The highest BCUT2D eigenvalue weighted by Gasteiger charge is 2.43. The standard InChI is InChI=1S/C13H24N4/c1-4-14-9-13(5-6-13)7-12-15-10-16-17(12)8-11(2)3/h10-11,14H,4-9H2,1-3H3. The summed E-state index contributed by atoms with van der Waals surface area (Å²) in [6.45, 7) is 9.76. The topological polar surface area (TPSA) is 42.7 Å². The Morgan fingerprint density at radius 3 is 2.82 bits per heavy atom. The minimum atomic E-state index is 0.470. The van der Waals surface area contributed by atoms with E-state index in [9.17, 15) is 0 Å². The van der Waals surface area contributed by atoms with Gasteiger partial charge in [0.15, 0.2) is 0 Å². The van der Waals surface area contributed by atoms with Gasteiger partial charge in [0.05, 0.1) is 0 Å². The van der Waals surface area contributed by atoms with Crippen LogP contribution in [0, 0.1) is 11.3 Å². The molecule has 96 valence electrons. The highest BCUT2D eigenvalue weighted by atomic mass is 15.3. The molecule has 0 radical (unpaired) electrons. The first-order valence-electron chi connectivity index (χ1n) is 6.72. The largest absolute Gasteiger partial charge is 0.316 e. The average Bonchev–Trinajstić information content (AvgIpc) is 2.91. The van der Waals surface area contributed by atoms with E-state index in [0.717, 1.165) is 31.9 Å². The Bertz CT molecular complexity index is 352. The van der Waals surface area contributed by atoms with E-state index < -0.39 is 0 Å². The fourth-order valence-electron chi connectivity index (χ4n) is 2.24. The van der Waals surface area contributed by atoms with E-state index in [4.69, 9.17) is 0 Å². The molecule has 0 spiro atoms. The van der Waals surface area contributed by atoms with E-state index in [-0.39, 0.29) is 0 Å². The third-order valence-corrected chi connectivity index (χ3v) is 3.47. The van der Waals surface area contributed by atoms with Crippen LogP contribution in [0.3, 0.4) is 0 Å². The Balaban J connectivity index is 1.96. The first kappa shape index (κ1) is 12.6. The summed E-state index contributed by atoms with van der Waals surface area (Å²) < 4.78 is 2.08.